The first-order chi connectivity index (χ1) is 8.60. The molecule has 102 valence electrons. The van der Waals surface area contributed by atoms with Crippen LogP contribution in [-0.4, -0.2) is 22.5 Å². The Labute approximate surface area is 118 Å². The fourth-order valence-corrected chi connectivity index (χ4v) is 3.72. The fourth-order valence-electron chi connectivity index (χ4n) is 1.85. The lowest BCUT2D eigenvalue weighted by Gasteiger charge is -2.23. The molecule has 0 radical (unpaired) electrons. The highest BCUT2D eigenvalue weighted by Gasteiger charge is 2.19. The van der Waals surface area contributed by atoms with Crippen molar-refractivity contribution in [3.63, 3.8) is 0 Å². The number of rotatable bonds is 7. The fraction of sp³-hybridized carbons (Fsp3) is 0.571. The first kappa shape index (κ1) is 15.7. The summed E-state index contributed by atoms with van der Waals surface area (Å²) in [6.45, 7) is 7.33. The standard InChI is InChI=1S/C14H22ClNOS/c1-4-11(3)13(16-5-2)10-18(17)14-9-7-6-8-12(14)15/h6-9,11,13,16H,4-5,10H2,1-3H3. The first-order valence-corrected chi connectivity index (χ1v) is 8.16. The molecule has 0 aliphatic carbocycles. The minimum absolute atomic E-state index is 0.275. The summed E-state index contributed by atoms with van der Waals surface area (Å²) in [5, 5.41) is 4.01. The Kier molecular flexibility index (Phi) is 6.90. The number of nitrogens with one attached hydrogen (secondary N) is 1. The first-order valence-electron chi connectivity index (χ1n) is 6.46. The maximum Gasteiger partial charge on any atom is 0.0574 e. The van der Waals surface area contributed by atoms with E-state index < -0.39 is 10.8 Å². The molecule has 4 heteroatoms. The van der Waals surface area contributed by atoms with Gasteiger partial charge < -0.3 is 5.32 Å². The molecule has 1 aromatic carbocycles. The molecular formula is C14H22ClNOS. The number of hydrogen-bond acceptors (Lipinski definition) is 2. The van der Waals surface area contributed by atoms with E-state index in [1.165, 1.54) is 0 Å². The van der Waals surface area contributed by atoms with Crippen LogP contribution in [-0.2, 0) is 10.8 Å². The third-order valence-electron chi connectivity index (χ3n) is 3.21. The summed E-state index contributed by atoms with van der Waals surface area (Å²) in [5.41, 5.74) is 0. The molecule has 0 aromatic heterocycles. The van der Waals surface area contributed by atoms with Crippen LogP contribution in [0, 0.1) is 5.92 Å². The van der Waals surface area contributed by atoms with Gasteiger partial charge in [-0.15, -0.1) is 0 Å². The van der Waals surface area contributed by atoms with Crippen LogP contribution in [0.25, 0.3) is 0 Å². The molecule has 0 fully saturated rings. The summed E-state index contributed by atoms with van der Waals surface area (Å²) in [6.07, 6.45) is 1.08. The molecule has 0 heterocycles. The second-order valence-electron chi connectivity index (χ2n) is 4.49. The quantitative estimate of drug-likeness (QED) is 0.832. The second-order valence-corrected chi connectivity index (χ2v) is 6.36. The number of halogens is 1. The minimum atomic E-state index is -1.04. The summed E-state index contributed by atoms with van der Waals surface area (Å²) >= 11 is 6.08. The van der Waals surface area contributed by atoms with Gasteiger partial charge in [-0.1, -0.05) is 50.9 Å². The topological polar surface area (TPSA) is 29.1 Å². The molecule has 1 N–H and O–H groups in total. The maximum absolute atomic E-state index is 12.4. The van der Waals surface area contributed by atoms with Crippen molar-refractivity contribution in [1.82, 2.24) is 5.32 Å². The predicted molar refractivity (Wildman–Crippen MR) is 79.6 cm³/mol. The van der Waals surface area contributed by atoms with Gasteiger partial charge in [0.05, 0.1) is 20.7 Å². The lowest BCUT2D eigenvalue weighted by Crippen LogP contribution is -2.39. The van der Waals surface area contributed by atoms with Gasteiger partial charge in [-0.05, 0) is 24.6 Å². The molecule has 3 unspecified atom stereocenters. The number of benzene rings is 1. The van der Waals surface area contributed by atoms with Gasteiger partial charge in [0, 0.05) is 11.8 Å². The van der Waals surface area contributed by atoms with Crippen LogP contribution in [0.2, 0.25) is 5.02 Å². The largest absolute Gasteiger partial charge is 0.313 e. The Morgan fingerprint density at radius 1 is 1.33 bits per heavy atom. The average molecular weight is 288 g/mol. The van der Waals surface area contributed by atoms with Gasteiger partial charge >= 0.3 is 0 Å². The summed E-state index contributed by atoms with van der Waals surface area (Å²) in [7, 11) is -1.04. The van der Waals surface area contributed by atoms with Gasteiger partial charge in [-0.2, -0.15) is 0 Å². The summed E-state index contributed by atoms with van der Waals surface area (Å²) < 4.78 is 12.4. The lowest BCUT2D eigenvalue weighted by atomic mass is 10.0. The van der Waals surface area contributed by atoms with Crippen LogP contribution >= 0.6 is 11.6 Å². The van der Waals surface area contributed by atoms with Gasteiger partial charge in [0.1, 0.15) is 0 Å². The van der Waals surface area contributed by atoms with Crippen LogP contribution in [0.5, 0.6) is 0 Å². The smallest absolute Gasteiger partial charge is 0.0574 e. The van der Waals surface area contributed by atoms with E-state index in [0.29, 0.717) is 16.7 Å². The summed E-state index contributed by atoms with van der Waals surface area (Å²) in [4.78, 5) is 0.741. The van der Waals surface area contributed by atoms with Crippen LogP contribution in [0.3, 0.4) is 0 Å². The molecule has 0 amide bonds. The Bertz CT molecular complexity index is 397. The highest BCUT2D eigenvalue weighted by atomic mass is 35.5. The van der Waals surface area contributed by atoms with Crippen molar-refractivity contribution in [2.45, 2.75) is 38.1 Å². The molecule has 0 aliphatic heterocycles. The third-order valence-corrected chi connectivity index (χ3v) is 5.16. The molecular weight excluding hydrogens is 266 g/mol. The third kappa shape index (κ3) is 4.38. The van der Waals surface area contributed by atoms with Gasteiger partial charge in [0.2, 0.25) is 0 Å². The Morgan fingerprint density at radius 2 is 2.00 bits per heavy atom. The highest BCUT2D eigenvalue weighted by Crippen LogP contribution is 2.21. The number of hydrogen-bond donors (Lipinski definition) is 1. The van der Waals surface area contributed by atoms with Crippen molar-refractivity contribution < 1.29 is 4.21 Å². The summed E-state index contributed by atoms with van der Waals surface area (Å²) in [6, 6.07) is 7.65. The van der Waals surface area contributed by atoms with Gasteiger partial charge in [-0.25, -0.2) is 0 Å². The molecule has 0 saturated carbocycles. The van der Waals surface area contributed by atoms with Crippen LogP contribution in [0.15, 0.2) is 29.2 Å². The van der Waals surface area contributed by atoms with Crippen LogP contribution in [0.1, 0.15) is 27.2 Å². The molecule has 0 saturated heterocycles. The average Bonchev–Trinajstić information content (AvgIpc) is 2.37. The zero-order valence-electron chi connectivity index (χ0n) is 11.3. The van der Waals surface area contributed by atoms with E-state index in [-0.39, 0.29) is 6.04 Å². The second kappa shape index (κ2) is 7.93. The molecule has 1 rings (SSSR count). The zero-order chi connectivity index (χ0) is 13.5. The SMILES string of the molecule is CCNC(CS(=O)c1ccccc1Cl)C(C)CC. The van der Waals surface area contributed by atoms with Gasteiger partial charge in [0.25, 0.3) is 0 Å². The molecule has 1 aromatic rings. The van der Waals surface area contributed by atoms with E-state index in [9.17, 15) is 4.21 Å². The van der Waals surface area contributed by atoms with E-state index in [4.69, 9.17) is 11.6 Å². The van der Waals surface area contributed by atoms with Crippen LogP contribution in [0.4, 0.5) is 0 Å². The van der Waals surface area contributed by atoms with E-state index in [1.807, 2.05) is 18.2 Å². The van der Waals surface area contributed by atoms with Crippen molar-refractivity contribution in [3.8, 4) is 0 Å². The van der Waals surface area contributed by atoms with Gasteiger partial charge in [0.15, 0.2) is 0 Å². The molecule has 0 spiro atoms. The van der Waals surface area contributed by atoms with Crippen molar-refractivity contribution in [2.24, 2.45) is 5.92 Å². The molecule has 3 atom stereocenters. The van der Waals surface area contributed by atoms with Crippen molar-refractivity contribution in [2.75, 3.05) is 12.3 Å². The van der Waals surface area contributed by atoms with Crippen molar-refractivity contribution >= 4 is 22.4 Å². The van der Waals surface area contributed by atoms with Crippen LogP contribution < -0.4 is 5.32 Å². The highest BCUT2D eigenvalue weighted by molar-refractivity contribution is 7.85. The lowest BCUT2D eigenvalue weighted by molar-refractivity contribution is 0.401. The van der Waals surface area contributed by atoms with Crippen molar-refractivity contribution in [3.05, 3.63) is 29.3 Å². The van der Waals surface area contributed by atoms with Crippen molar-refractivity contribution in [1.29, 1.82) is 0 Å². The summed E-state index contributed by atoms with van der Waals surface area (Å²) in [5.74, 6) is 1.13. The molecule has 0 aliphatic rings. The molecule has 18 heavy (non-hydrogen) atoms. The minimum Gasteiger partial charge on any atom is -0.313 e. The van der Waals surface area contributed by atoms with Gasteiger partial charge in [-0.3, -0.25) is 4.21 Å². The van der Waals surface area contributed by atoms with E-state index in [0.717, 1.165) is 17.9 Å². The van der Waals surface area contributed by atoms with E-state index in [1.54, 1.807) is 6.07 Å². The van der Waals surface area contributed by atoms with E-state index in [2.05, 4.69) is 26.1 Å². The maximum atomic E-state index is 12.4. The predicted octanol–water partition coefficient (Wildman–Crippen LogP) is 3.47. The Balaban J connectivity index is 2.75. The normalized spacial score (nSPS) is 16.2. The molecule has 2 nitrogen and oxygen atoms in total. The monoisotopic (exact) mass is 287 g/mol. The Morgan fingerprint density at radius 3 is 2.56 bits per heavy atom. The Hall–Kier alpha value is -0.380. The zero-order valence-corrected chi connectivity index (χ0v) is 12.9. The molecule has 0 bridgehead atoms. The van der Waals surface area contributed by atoms with E-state index >= 15 is 0 Å².